The van der Waals surface area contributed by atoms with Gasteiger partial charge in [0.2, 0.25) is 5.91 Å². The molecule has 2 saturated heterocycles. The maximum absolute atomic E-state index is 12.3. The van der Waals surface area contributed by atoms with Crippen LogP contribution in [0.3, 0.4) is 0 Å². The van der Waals surface area contributed by atoms with Gasteiger partial charge in [-0.2, -0.15) is 0 Å². The smallest absolute Gasteiger partial charge is 0.230 e. The van der Waals surface area contributed by atoms with Gasteiger partial charge in [-0.05, 0) is 18.6 Å². The van der Waals surface area contributed by atoms with Crippen molar-refractivity contribution in [2.45, 2.75) is 6.42 Å². The third-order valence-corrected chi connectivity index (χ3v) is 3.42. The van der Waals surface area contributed by atoms with Gasteiger partial charge in [0.05, 0.1) is 25.1 Å². The second-order valence-electron chi connectivity index (χ2n) is 4.43. The van der Waals surface area contributed by atoms with Crippen LogP contribution in [0.4, 0.5) is 5.69 Å². The minimum Gasteiger partial charge on any atom is -0.311 e. The molecule has 2 aliphatic heterocycles. The van der Waals surface area contributed by atoms with Gasteiger partial charge in [0.1, 0.15) is 0 Å². The van der Waals surface area contributed by atoms with Gasteiger partial charge in [-0.3, -0.25) is 9.78 Å². The van der Waals surface area contributed by atoms with E-state index in [9.17, 15) is 4.79 Å². The fraction of sp³-hybridized carbons (Fsp3) is 0.500. The van der Waals surface area contributed by atoms with Crippen LogP contribution >= 0.6 is 0 Å². The molecule has 0 radical (unpaired) electrons. The molecule has 0 N–H and O–H groups in total. The summed E-state index contributed by atoms with van der Waals surface area (Å²) in [6, 6.07) is 3.76. The maximum atomic E-state index is 12.3. The van der Waals surface area contributed by atoms with E-state index in [-0.39, 0.29) is 17.7 Å². The van der Waals surface area contributed by atoms with E-state index >= 15 is 0 Å². The summed E-state index contributed by atoms with van der Waals surface area (Å²) in [6.45, 7) is 1.81. The first-order valence-electron chi connectivity index (χ1n) is 5.82. The second kappa shape index (κ2) is 4.43. The van der Waals surface area contributed by atoms with Gasteiger partial charge in [-0.1, -0.05) is 0 Å². The van der Waals surface area contributed by atoms with E-state index in [0.717, 1.165) is 18.7 Å². The lowest BCUT2D eigenvalue weighted by Gasteiger charge is -2.17. The molecule has 5 nitrogen and oxygen atoms in total. The maximum Gasteiger partial charge on any atom is 0.230 e. The van der Waals surface area contributed by atoms with Crippen LogP contribution in [0.25, 0.3) is 0 Å². The van der Waals surface area contributed by atoms with Crippen molar-refractivity contribution in [3.05, 3.63) is 24.5 Å². The second-order valence-corrected chi connectivity index (χ2v) is 4.43. The van der Waals surface area contributed by atoms with Crippen molar-refractivity contribution in [3.8, 4) is 0 Å². The van der Waals surface area contributed by atoms with Gasteiger partial charge >= 0.3 is 0 Å². The van der Waals surface area contributed by atoms with Crippen LogP contribution in [-0.4, -0.2) is 30.6 Å². The normalized spacial score (nSPS) is 25.8. The molecule has 0 spiro atoms. The minimum absolute atomic E-state index is 0.0257. The Balaban J connectivity index is 1.76. The number of aromatic nitrogens is 1. The summed E-state index contributed by atoms with van der Waals surface area (Å²) in [5.74, 6) is 0.388. The molecular weight excluding hydrogens is 220 g/mol. The summed E-state index contributed by atoms with van der Waals surface area (Å²) >= 11 is 0. The van der Waals surface area contributed by atoms with Gasteiger partial charge in [0, 0.05) is 24.6 Å². The first-order chi connectivity index (χ1) is 8.36. The predicted molar refractivity (Wildman–Crippen MR) is 60.1 cm³/mol. The molecule has 0 bridgehead atoms. The van der Waals surface area contributed by atoms with Crippen LogP contribution in [0.1, 0.15) is 6.42 Å². The van der Waals surface area contributed by atoms with Crippen molar-refractivity contribution in [2.24, 2.45) is 11.8 Å². The van der Waals surface area contributed by atoms with E-state index in [4.69, 9.17) is 9.78 Å². The zero-order valence-corrected chi connectivity index (χ0v) is 9.41. The van der Waals surface area contributed by atoms with Gasteiger partial charge < -0.3 is 4.90 Å². The summed E-state index contributed by atoms with van der Waals surface area (Å²) in [5, 5.41) is 0. The zero-order valence-electron chi connectivity index (χ0n) is 9.41. The Morgan fingerprint density at radius 3 is 2.88 bits per heavy atom. The van der Waals surface area contributed by atoms with Crippen LogP contribution in [0.15, 0.2) is 24.5 Å². The molecule has 90 valence electrons. The number of hydrogen-bond acceptors (Lipinski definition) is 4. The van der Waals surface area contributed by atoms with Gasteiger partial charge in [0.15, 0.2) is 0 Å². The molecule has 0 saturated carbocycles. The van der Waals surface area contributed by atoms with Crippen LogP contribution < -0.4 is 4.90 Å². The number of nitrogens with zero attached hydrogens (tertiary/aromatic N) is 2. The minimum atomic E-state index is 0.0257. The summed E-state index contributed by atoms with van der Waals surface area (Å²) < 4.78 is 0. The highest BCUT2D eigenvalue weighted by Gasteiger charge is 2.40. The number of rotatable bonds is 2. The molecule has 0 aromatic carbocycles. The molecule has 3 rings (SSSR count). The van der Waals surface area contributed by atoms with E-state index < -0.39 is 0 Å². The SMILES string of the molecule is O=C1C(C2COOC2)CCN1c1cccnc1. The van der Waals surface area contributed by atoms with Crippen LogP contribution in [0.2, 0.25) is 0 Å². The van der Waals surface area contributed by atoms with E-state index in [1.54, 1.807) is 17.3 Å². The van der Waals surface area contributed by atoms with E-state index in [0.29, 0.717) is 13.2 Å². The molecular formula is C12H14N2O3. The van der Waals surface area contributed by atoms with Crippen LogP contribution in [-0.2, 0) is 14.6 Å². The van der Waals surface area contributed by atoms with Crippen molar-refractivity contribution < 1.29 is 14.6 Å². The molecule has 3 heterocycles. The number of carbonyl (C=O) groups is 1. The van der Waals surface area contributed by atoms with Crippen molar-refractivity contribution >= 4 is 11.6 Å². The highest BCUT2D eigenvalue weighted by Crippen LogP contribution is 2.31. The molecule has 5 heteroatoms. The molecule has 0 aliphatic carbocycles. The van der Waals surface area contributed by atoms with E-state index in [1.807, 2.05) is 12.1 Å². The largest absolute Gasteiger partial charge is 0.311 e. The third kappa shape index (κ3) is 1.92. The quantitative estimate of drug-likeness (QED) is 0.717. The highest BCUT2D eigenvalue weighted by atomic mass is 17.2. The Labute approximate surface area is 99.3 Å². The fourth-order valence-electron chi connectivity index (χ4n) is 2.46. The van der Waals surface area contributed by atoms with Crippen LogP contribution in [0, 0.1) is 11.8 Å². The summed E-state index contributed by atoms with van der Waals surface area (Å²) in [6.07, 6.45) is 4.30. The first-order valence-corrected chi connectivity index (χ1v) is 5.82. The van der Waals surface area contributed by atoms with Crippen molar-refractivity contribution in [2.75, 3.05) is 24.7 Å². The summed E-state index contributed by atoms with van der Waals surface area (Å²) in [4.78, 5) is 27.9. The average molecular weight is 234 g/mol. The van der Waals surface area contributed by atoms with Gasteiger partial charge in [0.25, 0.3) is 0 Å². The monoisotopic (exact) mass is 234 g/mol. The van der Waals surface area contributed by atoms with E-state index in [1.165, 1.54) is 0 Å². The number of anilines is 1. The average Bonchev–Trinajstić information content (AvgIpc) is 2.99. The van der Waals surface area contributed by atoms with Crippen LogP contribution in [0.5, 0.6) is 0 Å². The third-order valence-electron chi connectivity index (χ3n) is 3.42. The summed E-state index contributed by atoms with van der Waals surface area (Å²) in [7, 11) is 0. The lowest BCUT2D eigenvalue weighted by molar-refractivity contribution is -0.248. The number of carbonyl (C=O) groups excluding carboxylic acids is 1. The Bertz CT molecular complexity index is 403. The zero-order chi connectivity index (χ0) is 11.7. The lowest BCUT2D eigenvalue weighted by Crippen LogP contribution is -2.31. The van der Waals surface area contributed by atoms with E-state index in [2.05, 4.69) is 4.98 Å². The Morgan fingerprint density at radius 1 is 1.35 bits per heavy atom. The molecule has 17 heavy (non-hydrogen) atoms. The molecule has 2 fully saturated rings. The van der Waals surface area contributed by atoms with Gasteiger partial charge in [-0.15, -0.1) is 0 Å². The van der Waals surface area contributed by atoms with Crippen molar-refractivity contribution in [1.29, 1.82) is 0 Å². The standard InChI is InChI=1S/C12H14N2O3/c15-12-11(9-7-16-17-8-9)3-5-14(12)10-2-1-4-13-6-10/h1-2,4,6,9,11H,3,5,7-8H2. The van der Waals surface area contributed by atoms with Crippen molar-refractivity contribution in [1.82, 2.24) is 4.98 Å². The predicted octanol–water partition coefficient (Wildman–Crippen LogP) is 1.01. The molecule has 1 unspecified atom stereocenters. The Hall–Kier alpha value is -1.46. The molecule has 1 aromatic heterocycles. The number of pyridine rings is 1. The molecule has 1 amide bonds. The Kier molecular flexibility index (Phi) is 2.78. The highest BCUT2D eigenvalue weighted by molar-refractivity contribution is 5.97. The number of hydrogen-bond donors (Lipinski definition) is 0. The van der Waals surface area contributed by atoms with Crippen molar-refractivity contribution in [3.63, 3.8) is 0 Å². The number of amides is 1. The molecule has 1 aromatic rings. The Morgan fingerprint density at radius 2 is 2.18 bits per heavy atom. The topological polar surface area (TPSA) is 51.7 Å². The molecule has 1 atom stereocenters. The fourth-order valence-corrected chi connectivity index (χ4v) is 2.46. The molecule has 2 aliphatic rings. The summed E-state index contributed by atoms with van der Waals surface area (Å²) in [5.41, 5.74) is 0.875. The van der Waals surface area contributed by atoms with Gasteiger partial charge in [-0.25, -0.2) is 9.78 Å². The lowest BCUT2D eigenvalue weighted by atomic mass is 9.93. The first kappa shape index (κ1) is 10.7.